The van der Waals surface area contributed by atoms with Crippen molar-refractivity contribution in [3.63, 3.8) is 0 Å². The van der Waals surface area contributed by atoms with Crippen LogP contribution in [-0.2, 0) is 4.79 Å². The molecule has 0 atom stereocenters. The van der Waals surface area contributed by atoms with Crippen LogP contribution in [0.1, 0.15) is 26.2 Å². The Morgan fingerprint density at radius 2 is 2.09 bits per heavy atom. The number of piperidine rings is 1. The number of nitrogens with zero attached hydrogens (tertiary/aromatic N) is 1. The third kappa shape index (κ3) is 3.02. The van der Waals surface area contributed by atoms with E-state index in [2.05, 4.69) is 11.9 Å². The molecule has 0 bridgehead atoms. The van der Waals surface area contributed by atoms with E-state index in [0.717, 1.165) is 32.4 Å². The van der Waals surface area contributed by atoms with Crippen LogP contribution in [0.5, 0.6) is 0 Å². The van der Waals surface area contributed by atoms with E-state index in [0.29, 0.717) is 11.7 Å². The zero-order chi connectivity index (χ0) is 8.27. The summed E-state index contributed by atoms with van der Waals surface area (Å²) in [4.78, 5) is 12.8. The fourth-order valence-corrected chi connectivity index (χ4v) is 1.60. The fraction of sp³-hybridized carbons (Fsp3) is 0.778. The van der Waals surface area contributed by atoms with Crippen molar-refractivity contribution in [1.29, 1.82) is 0 Å². The van der Waals surface area contributed by atoms with E-state index < -0.39 is 0 Å². The highest BCUT2D eigenvalue weighted by molar-refractivity contribution is 5.75. The third-order valence-corrected chi connectivity index (χ3v) is 2.28. The van der Waals surface area contributed by atoms with Gasteiger partial charge >= 0.3 is 0 Å². The molecule has 0 spiro atoms. The van der Waals surface area contributed by atoms with Gasteiger partial charge in [0.15, 0.2) is 0 Å². The van der Waals surface area contributed by atoms with Crippen molar-refractivity contribution in [1.82, 2.24) is 4.90 Å². The number of carbonyl (C=O) groups is 1. The van der Waals surface area contributed by atoms with Gasteiger partial charge in [-0.25, -0.2) is 0 Å². The molecule has 1 saturated heterocycles. The van der Waals surface area contributed by atoms with Gasteiger partial charge in [0.25, 0.3) is 0 Å². The van der Waals surface area contributed by atoms with E-state index in [1.807, 2.05) is 0 Å². The molecular weight excluding hydrogens is 138 g/mol. The lowest BCUT2D eigenvalue weighted by atomic mass is 9.92. The molecule has 11 heavy (non-hydrogen) atoms. The van der Waals surface area contributed by atoms with Gasteiger partial charge in [-0.15, -0.1) is 0 Å². The Morgan fingerprint density at radius 3 is 2.55 bits per heavy atom. The first-order valence-corrected chi connectivity index (χ1v) is 4.23. The monoisotopic (exact) mass is 154 g/mol. The normalized spacial score (nSPS) is 22.0. The highest BCUT2D eigenvalue weighted by atomic mass is 16.1. The lowest BCUT2D eigenvalue weighted by Crippen LogP contribution is -2.29. The van der Waals surface area contributed by atoms with Crippen molar-refractivity contribution in [2.24, 2.45) is 5.92 Å². The smallest absolute Gasteiger partial charge is 0.130 e. The summed E-state index contributed by atoms with van der Waals surface area (Å²) in [7, 11) is 3.86. The number of ketones is 1. The number of rotatable bonds is 2. The zero-order valence-electron chi connectivity index (χ0n) is 7.18. The molecule has 0 aliphatic carbocycles. The molecule has 1 heterocycles. The highest BCUT2D eigenvalue weighted by Crippen LogP contribution is 2.19. The largest absolute Gasteiger partial charge is 0.459 e. The second kappa shape index (κ2) is 3.86. The molecule has 1 fully saturated rings. The summed E-state index contributed by atoms with van der Waals surface area (Å²) in [5.41, 5.74) is 0. The summed E-state index contributed by atoms with van der Waals surface area (Å²) in [6.07, 6.45) is 3.06. The van der Waals surface area contributed by atoms with Crippen molar-refractivity contribution in [2.75, 3.05) is 13.1 Å². The molecule has 2 heteroatoms. The average Bonchev–Trinajstić information content (AvgIpc) is 1.93. The van der Waals surface area contributed by atoms with Crippen molar-refractivity contribution >= 4 is 5.78 Å². The summed E-state index contributed by atoms with van der Waals surface area (Å²) in [6.45, 7) is 3.78. The van der Waals surface area contributed by atoms with Crippen molar-refractivity contribution in [2.45, 2.75) is 26.2 Å². The average molecular weight is 154 g/mol. The van der Waals surface area contributed by atoms with Gasteiger partial charge in [-0.05, 0) is 38.8 Å². The maximum atomic E-state index is 10.8. The molecule has 0 unspecified atom stereocenters. The summed E-state index contributed by atoms with van der Waals surface area (Å²) in [5.74, 6) is 0.956. The minimum atomic E-state index is 0.326. The summed E-state index contributed by atoms with van der Waals surface area (Å²) in [6, 6.07) is 0. The predicted octanol–water partition coefficient (Wildman–Crippen LogP) is 1.47. The first-order chi connectivity index (χ1) is 5.18. The molecule has 0 amide bonds. The van der Waals surface area contributed by atoms with E-state index in [9.17, 15) is 4.79 Å². The molecule has 0 aromatic rings. The van der Waals surface area contributed by atoms with Gasteiger partial charge in [-0.1, -0.05) is 0 Å². The van der Waals surface area contributed by atoms with E-state index >= 15 is 0 Å². The lowest BCUT2D eigenvalue weighted by Gasteiger charge is -2.34. The zero-order valence-corrected chi connectivity index (χ0v) is 7.18. The molecule has 0 saturated carbocycles. The fourth-order valence-electron chi connectivity index (χ4n) is 1.60. The quantitative estimate of drug-likeness (QED) is 0.561. The number of carbonyl (C=O) groups excluding carboxylic acids is 1. The van der Waals surface area contributed by atoms with Gasteiger partial charge in [-0.3, -0.25) is 7.05 Å². The number of hydrogen-bond donors (Lipinski definition) is 0. The van der Waals surface area contributed by atoms with Crippen LogP contribution in [0.15, 0.2) is 0 Å². The Hall–Kier alpha value is -0.370. The topological polar surface area (TPSA) is 20.3 Å². The van der Waals surface area contributed by atoms with Gasteiger partial charge in [0, 0.05) is 6.42 Å². The molecule has 2 nitrogen and oxygen atoms in total. The Balaban J connectivity index is 2.22. The van der Waals surface area contributed by atoms with Crippen molar-refractivity contribution < 1.29 is 4.79 Å². The van der Waals surface area contributed by atoms with Gasteiger partial charge in [-0.2, -0.15) is 0 Å². The first kappa shape index (κ1) is 8.72. The summed E-state index contributed by atoms with van der Waals surface area (Å²) < 4.78 is 0. The summed E-state index contributed by atoms with van der Waals surface area (Å²) >= 11 is 0. The number of likely N-dealkylation sites (tertiary alicyclic amines) is 1. The highest BCUT2D eigenvalue weighted by Gasteiger charge is 2.15. The third-order valence-electron chi connectivity index (χ3n) is 2.28. The molecule has 1 aliphatic heterocycles. The van der Waals surface area contributed by atoms with Crippen molar-refractivity contribution in [3.05, 3.63) is 7.05 Å². The Kier molecular flexibility index (Phi) is 3.06. The second-order valence-electron chi connectivity index (χ2n) is 3.47. The van der Waals surface area contributed by atoms with Crippen LogP contribution in [0.2, 0.25) is 0 Å². The van der Waals surface area contributed by atoms with E-state index in [4.69, 9.17) is 0 Å². The molecule has 0 aromatic heterocycles. The lowest BCUT2D eigenvalue weighted by molar-refractivity contribution is -0.118. The van der Waals surface area contributed by atoms with Gasteiger partial charge in [0.05, 0.1) is 0 Å². The molecular formula is C9H16NO-. The SMILES string of the molecule is [CH2-]N1CCC(CC(C)=O)CC1. The van der Waals surface area contributed by atoms with Crippen LogP contribution < -0.4 is 0 Å². The molecule has 64 valence electrons. The van der Waals surface area contributed by atoms with Gasteiger partial charge in [0.2, 0.25) is 0 Å². The molecule has 0 N–H and O–H groups in total. The molecule has 1 rings (SSSR count). The summed E-state index contributed by atoms with van der Waals surface area (Å²) in [5, 5.41) is 0. The number of Topliss-reactive ketones (excluding diaryl/α,β-unsaturated/α-hetero) is 1. The standard InChI is InChI=1S/C9H16NO/c1-8(11)7-9-3-5-10(2)6-4-9/h9H,2-7H2,1H3/q-1. The van der Waals surface area contributed by atoms with E-state index in [1.54, 1.807) is 6.92 Å². The van der Waals surface area contributed by atoms with Crippen LogP contribution in [0.3, 0.4) is 0 Å². The van der Waals surface area contributed by atoms with Crippen LogP contribution in [0.4, 0.5) is 0 Å². The van der Waals surface area contributed by atoms with Crippen molar-refractivity contribution in [3.8, 4) is 0 Å². The minimum Gasteiger partial charge on any atom is -0.459 e. The number of hydrogen-bond acceptors (Lipinski definition) is 2. The maximum Gasteiger partial charge on any atom is 0.130 e. The molecule has 1 aliphatic rings. The van der Waals surface area contributed by atoms with Gasteiger partial charge < -0.3 is 9.69 Å². The maximum absolute atomic E-state index is 10.8. The first-order valence-electron chi connectivity index (χ1n) is 4.23. The molecule has 0 radical (unpaired) electrons. The van der Waals surface area contributed by atoms with Crippen LogP contribution in [0, 0.1) is 13.0 Å². The van der Waals surface area contributed by atoms with E-state index in [1.165, 1.54) is 0 Å². The van der Waals surface area contributed by atoms with E-state index in [-0.39, 0.29) is 0 Å². The van der Waals surface area contributed by atoms with Crippen LogP contribution in [-0.4, -0.2) is 23.8 Å². The van der Waals surface area contributed by atoms with Gasteiger partial charge in [0.1, 0.15) is 5.78 Å². The second-order valence-corrected chi connectivity index (χ2v) is 3.47. The Bertz CT molecular complexity index is 136. The van der Waals surface area contributed by atoms with Crippen LogP contribution in [0.25, 0.3) is 0 Å². The molecule has 0 aromatic carbocycles. The Labute approximate surface area is 68.6 Å². The predicted molar refractivity (Wildman–Crippen MR) is 45.0 cm³/mol. The Morgan fingerprint density at radius 1 is 1.55 bits per heavy atom. The van der Waals surface area contributed by atoms with Crippen LogP contribution >= 0.6 is 0 Å². The minimum absolute atomic E-state index is 0.326.